The highest BCUT2D eigenvalue weighted by atomic mass is 35.5. The maximum Gasteiger partial charge on any atom is 0.343 e. The van der Waals surface area contributed by atoms with Gasteiger partial charge in [-0.3, -0.25) is 4.79 Å². The lowest BCUT2D eigenvalue weighted by atomic mass is 10.2. The first-order valence-corrected chi connectivity index (χ1v) is 7.66. The predicted molar refractivity (Wildman–Crippen MR) is 89.3 cm³/mol. The Morgan fingerprint density at radius 1 is 1.21 bits per heavy atom. The van der Waals surface area contributed by atoms with E-state index >= 15 is 0 Å². The second kappa shape index (κ2) is 7.79. The molecular weight excluding hydrogens is 382 g/mol. The van der Waals surface area contributed by atoms with Crippen LogP contribution in [0.2, 0.25) is 15.1 Å². The van der Waals surface area contributed by atoms with Crippen molar-refractivity contribution in [3.05, 3.63) is 56.4 Å². The van der Waals surface area contributed by atoms with Gasteiger partial charge in [0.1, 0.15) is 11.4 Å². The molecule has 24 heavy (non-hydrogen) atoms. The van der Waals surface area contributed by atoms with Gasteiger partial charge in [0.15, 0.2) is 12.4 Å². The summed E-state index contributed by atoms with van der Waals surface area (Å²) in [4.78, 5) is 27.7. The van der Waals surface area contributed by atoms with E-state index < -0.39 is 29.9 Å². The molecule has 0 saturated heterocycles. The summed E-state index contributed by atoms with van der Waals surface area (Å²) >= 11 is 17.5. The molecular formula is C15H10Cl3FN2O3. The molecule has 2 aromatic rings. The Labute approximate surface area is 151 Å². The standard InChI is InChI=1S/C15H10Cl3FN2O3/c1-7-9(17)5-10(18)14(20-7)21-12(22)6-24-15(23)13-8(16)3-2-4-11(13)19/h2-5H,6H2,1H3,(H,20,21,22). The lowest BCUT2D eigenvalue weighted by Gasteiger charge is -2.09. The Morgan fingerprint density at radius 3 is 2.58 bits per heavy atom. The van der Waals surface area contributed by atoms with Crippen molar-refractivity contribution >= 4 is 52.5 Å². The van der Waals surface area contributed by atoms with Gasteiger partial charge in [-0.15, -0.1) is 0 Å². The quantitative estimate of drug-likeness (QED) is 0.790. The Balaban J connectivity index is 2.01. The topological polar surface area (TPSA) is 68.3 Å². The smallest absolute Gasteiger partial charge is 0.343 e. The first-order valence-electron chi connectivity index (χ1n) is 6.53. The van der Waals surface area contributed by atoms with Gasteiger partial charge in [-0.05, 0) is 25.1 Å². The number of halogens is 4. The summed E-state index contributed by atoms with van der Waals surface area (Å²) in [6.45, 7) is 0.970. The average molecular weight is 392 g/mol. The lowest BCUT2D eigenvalue weighted by molar-refractivity contribution is -0.119. The van der Waals surface area contributed by atoms with Crippen LogP contribution in [-0.2, 0) is 9.53 Å². The van der Waals surface area contributed by atoms with E-state index in [1.165, 1.54) is 18.2 Å². The molecule has 0 aliphatic rings. The summed E-state index contributed by atoms with van der Waals surface area (Å²) < 4.78 is 18.3. The van der Waals surface area contributed by atoms with Crippen molar-refractivity contribution in [2.75, 3.05) is 11.9 Å². The molecule has 0 radical (unpaired) electrons. The summed E-state index contributed by atoms with van der Waals surface area (Å²) in [5.74, 6) is -2.53. The van der Waals surface area contributed by atoms with Gasteiger partial charge in [0, 0.05) is 0 Å². The maximum atomic E-state index is 13.6. The minimum Gasteiger partial charge on any atom is -0.452 e. The van der Waals surface area contributed by atoms with Crippen molar-refractivity contribution in [1.29, 1.82) is 0 Å². The van der Waals surface area contributed by atoms with Crippen molar-refractivity contribution in [2.45, 2.75) is 6.92 Å². The molecule has 0 aliphatic carbocycles. The fourth-order valence-electron chi connectivity index (χ4n) is 1.71. The number of aromatic nitrogens is 1. The summed E-state index contributed by atoms with van der Waals surface area (Å²) in [6, 6.07) is 5.16. The van der Waals surface area contributed by atoms with Gasteiger partial charge in [-0.25, -0.2) is 14.2 Å². The van der Waals surface area contributed by atoms with Gasteiger partial charge in [0.05, 0.1) is 20.8 Å². The molecule has 1 N–H and O–H groups in total. The minimum absolute atomic E-state index is 0.0727. The van der Waals surface area contributed by atoms with Crippen LogP contribution in [0.5, 0.6) is 0 Å². The van der Waals surface area contributed by atoms with Gasteiger partial charge in [0.2, 0.25) is 0 Å². The normalized spacial score (nSPS) is 10.4. The number of nitrogens with one attached hydrogen (secondary N) is 1. The zero-order valence-corrected chi connectivity index (χ0v) is 14.5. The molecule has 1 amide bonds. The number of pyridine rings is 1. The lowest BCUT2D eigenvalue weighted by Crippen LogP contribution is -2.22. The molecule has 2 rings (SSSR count). The zero-order chi connectivity index (χ0) is 17.9. The molecule has 0 bridgehead atoms. The van der Waals surface area contributed by atoms with Crippen molar-refractivity contribution in [1.82, 2.24) is 4.98 Å². The third-order valence-corrected chi connectivity index (χ3v) is 3.85. The number of aryl methyl sites for hydroxylation is 1. The second-order valence-corrected chi connectivity index (χ2v) is 5.83. The van der Waals surface area contributed by atoms with Crippen LogP contribution in [0.4, 0.5) is 10.2 Å². The molecule has 5 nitrogen and oxygen atoms in total. The molecule has 9 heteroatoms. The molecule has 0 saturated carbocycles. The maximum absolute atomic E-state index is 13.6. The number of amides is 1. The Kier molecular flexibility index (Phi) is 5.99. The van der Waals surface area contributed by atoms with E-state index in [2.05, 4.69) is 10.3 Å². The summed E-state index contributed by atoms with van der Waals surface area (Å²) in [5.41, 5.74) is 0.0250. The van der Waals surface area contributed by atoms with Crippen molar-refractivity contribution in [2.24, 2.45) is 0 Å². The molecule has 0 aliphatic heterocycles. The monoisotopic (exact) mass is 390 g/mol. The van der Waals surface area contributed by atoms with E-state index in [-0.39, 0.29) is 15.9 Å². The number of anilines is 1. The number of carbonyl (C=O) groups excluding carboxylic acids is 2. The number of esters is 1. The highest BCUT2D eigenvalue weighted by molar-refractivity contribution is 6.36. The van der Waals surface area contributed by atoms with Crippen molar-refractivity contribution < 1.29 is 18.7 Å². The molecule has 0 spiro atoms. The van der Waals surface area contributed by atoms with Crippen molar-refractivity contribution in [3.63, 3.8) is 0 Å². The van der Waals surface area contributed by atoms with Crippen LogP contribution in [0.1, 0.15) is 16.1 Å². The van der Waals surface area contributed by atoms with Gasteiger partial charge >= 0.3 is 5.97 Å². The number of benzene rings is 1. The Hall–Kier alpha value is -1.89. The van der Waals surface area contributed by atoms with E-state index in [1.54, 1.807) is 6.92 Å². The summed E-state index contributed by atoms with van der Waals surface area (Å²) in [6.07, 6.45) is 0. The number of ether oxygens (including phenoxy) is 1. The highest BCUT2D eigenvalue weighted by Crippen LogP contribution is 2.25. The number of carbonyl (C=O) groups is 2. The molecule has 0 atom stereocenters. The summed E-state index contributed by atoms with van der Waals surface area (Å²) in [5, 5.41) is 2.73. The van der Waals surface area contributed by atoms with Gasteiger partial charge in [-0.2, -0.15) is 0 Å². The van der Waals surface area contributed by atoms with E-state index in [1.807, 2.05) is 0 Å². The van der Waals surface area contributed by atoms with E-state index in [0.29, 0.717) is 10.7 Å². The molecule has 0 unspecified atom stereocenters. The van der Waals surface area contributed by atoms with E-state index in [9.17, 15) is 14.0 Å². The van der Waals surface area contributed by atoms with Gasteiger partial charge in [0.25, 0.3) is 5.91 Å². The number of rotatable bonds is 4. The first kappa shape index (κ1) is 18.4. The minimum atomic E-state index is -1.06. The number of nitrogens with zero attached hydrogens (tertiary/aromatic N) is 1. The van der Waals surface area contributed by atoms with Crippen LogP contribution < -0.4 is 5.32 Å². The number of hydrogen-bond donors (Lipinski definition) is 1. The van der Waals surface area contributed by atoms with Crippen molar-refractivity contribution in [3.8, 4) is 0 Å². The van der Waals surface area contributed by atoms with Gasteiger partial charge in [-0.1, -0.05) is 40.9 Å². The van der Waals surface area contributed by atoms with Crippen LogP contribution in [0, 0.1) is 12.7 Å². The second-order valence-electron chi connectivity index (χ2n) is 4.61. The fraction of sp³-hybridized carbons (Fsp3) is 0.133. The van der Waals surface area contributed by atoms with Crippen LogP contribution in [0.15, 0.2) is 24.3 Å². The highest BCUT2D eigenvalue weighted by Gasteiger charge is 2.19. The summed E-state index contributed by atoms with van der Waals surface area (Å²) in [7, 11) is 0. The first-order chi connectivity index (χ1) is 11.3. The average Bonchev–Trinajstić information content (AvgIpc) is 2.50. The van der Waals surface area contributed by atoms with E-state index in [4.69, 9.17) is 39.5 Å². The Morgan fingerprint density at radius 2 is 1.92 bits per heavy atom. The molecule has 1 aromatic heterocycles. The largest absolute Gasteiger partial charge is 0.452 e. The van der Waals surface area contributed by atoms with Crippen LogP contribution in [-0.4, -0.2) is 23.5 Å². The molecule has 0 fully saturated rings. The van der Waals surface area contributed by atoms with Crippen LogP contribution in [0.25, 0.3) is 0 Å². The molecule has 126 valence electrons. The van der Waals surface area contributed by atoms with Crippen LogP contribution in [0.3, 0.4) is 0 Å². The molecule has 1 aromatic carbocycles. The van der Waals surface area contributed by atoms with Crippen LogP contribution >= 0.6 is 34.8 Å². The predicted octanol–water partition coefficient (Wildman–Crippen LogP) is 4.28. The third kappa shape index (κ3) is 4.35. The van der Waals surface area contributed by atoms with E-state index in [0.717, 1.165) is 6.07 Å². The van der Waals surface area contributed by atoms with Gasteiger partial charge < -0.3 is 10.1 Å². The fourth-order valence-corrected chi connectivity index (χ4v) is 2.36. The number of hydrogen-bond acceptors (Lipinski definition) is 4. The molecule has 1 heterocycles. The Bertz CT molecular complexity index is 795. The third-order valence-electron chi connectivity index (χ3n) is 2.86. The SMILES string of the molecule is Cc1nc(NC(=O)COC(=O)c2c(F)cccc2Cl)c(Cl)cc1Cl. The zero-order valence-electron chi connectivity index (χ0n) is 12.2.